The van der Waals surface area contributed by atoms with E-state index in [1.54, 1.807) is 7.11 Å². The first-order valence-corrected chi connectivity index (χ1v) is 10.7. The molecule has 0 fully saturated rings. The van der Waals surface area contributed by atoms with Crippen LogP contribution in [0.1, 0.15) is 59.8 Å². The topological polar surface area (TPSA) is 74.2 Å². The third-order valence-electron chi connectivity index (χ3n) is 6.12. The van der Waals surface area contributed by atoms with Gasteiger partial charge in [0, 0.05) is 20.3 Å². The molecule has 0 aliphatic heterocycles. The Bertz CT molecular complexity index is 621. The van der Waals surface area contributed by atoms with Crippen LogP contribution in [0.3, 0.4) is 0 Å². The summed E-state index contributed by atoms with van der Waals surface area (Å²) in [5.74, 6) is 0.0352. The van der Waals surface area contributed by atoms with E-state index < -0.39 is 0 Å². The number of esters is 1. The molecule has 1 N–H and O–H groups in total. The van der Waals surface area contributed by atoms with Crippen molar-refractivity contribution in [2.45, 2.75) is 65.9 Å². The second kappa shape index (κ2) is 13.8. The van der Waals surface area contributed by atoms with Gasteiger partial charge in [-0.05, 0) is 62.9 Å². The number of ether oxygens (including phenoxy) is 4. The molecule has 30 heavy (non-hydrogen) atoms. The Balaban J connectivity index is 2.60. The van der Waals surface area contributed by atoms with Gasteiger partial charge in [0.2, 0.25) is 0 Å². The number of methoxy groups -OCH3 is 2. The van der Waals surface area contributed by atoms with Gasteiger partial charge < -0.3 is 24.1 Å². The highest BCUT2D eigenvalue weighted by molar-refractivity contribution is 5.82. The molecule has 1 rings (SSSR count). The average Bonchev–Trinajstić information content (AvgIpc) is 2.71. The first-order chi connectivity index (χ1) is 14.3. The Kier molecular flexibility index (Phi) is 12.2. The lowest BCUT2D eigenvalue weighted by atomic mass is 9.64. The van der Waals surface area contributed by atoms with E-state index in [-0.39, 0.29) is 37.7 Å². The van der Waals surface area contributed by atoms with Crippen molar-refractivity contribution in [2.75, 3.05) is 34.4 Å². The number of hydrogen-bond acceptors (Lipinski definition) is 6. The van der Waals surface area contributed by atoms with Gasteiger partial charge in [-0.15, -0.1) is 0 Å². The molecule has 0 radical (unpaired) electrons. The molecule has 0 spiro atoms. The van der Waals surface area contributed by atoms with Crippen LogP contribution in [0.15, 0.2) is 34.9 Å². The van der Waals surface area contributed by atoms with E-state index in [1.165, 1.54) is 18.8 Å². The summed E-state index contributed by atoms with van der Waals surface area (Å²) in [6, 6.07) is 0. The van der Waals surface area contributed by atoms with Crippen molar-refractivity contribution < 1.29 is 28.8 Å². The molecule has 0 aromatic carbocycles. The smallest absolute Gasteiger partial charge is 0.332 e. The average molecular weight is 425 g/mol. The van der Waals surface area contributed by atoms with Gasteiger partial charge in [-0.1, -0.05) is 37.1 Å². The zero-order valence-corrected chi connectivity index (χ0v) is 19.5. The quantitative estimate of drug-likeness (QED) is 0.202. The fraction of sp³-hybridized carbons (Fsp3) is 0.708. The van der Waals surface area contributed by atoms with Gasteiger partial charge in [-0.25, -0.2) is 4.79 Å². The van der Waals surface area contributed by atoms with Crippen LogP contribution < -0.4 is 0 Å². The van der Waals surface area contributed by atoms with Crippen LogP contribution in [0.2, 0.25) is 0 Å². The summed E-state index contributed by atoms with van der Waals surface area (Å²) in [6.45, 7) is 8.86. The van der Waals surface area contributed by atoms with Gasteiger partial charge in [-0.3, -0.25) is 0 Å². The Morgan fingerprint density at radius 2 is 1.90 bits per heavy atom. The summed E-state index contributed by atoms with van der Waals surface area (Å²) >= 11 is 0. The van der Waals surface area contributed by atoms with Crippen LogP contribution in [-0.4, -0.2) is 51.6 Å². The Hall–Kier alpha value is -1.47. The molecule has 6 heteroatoms. The second-order valence-corrected chi connectivity index (χ2v) is 8.47. The van der Waals surface area contributed by atoms with Crippen LogP contribution in [-0.2, 0) is 23.7 Å². The van der Waals surface area contributed by atoms with Crippen molar-refractivity contribution >= 4 is 5.97 Å². The predicted molar refractivity (Wildman–Crippen MR) is 118 cm³/mol. The van der Waals surface area contributed by atoms with Crippen LogP contribution in [0, 0.1) is 11.3 Å². The van der Waals surface area contributed by atoms with Gasteiger partial charge in [0.25, 0.3) is 0 Å². The molecule has 0 bridgehead atoms. The summed E-state index contributed by atoms with van der Waals surface area (Å²) in [5, 5.41) is 9.96. The predicted octanol–water partition coefficient (Wildman–Crippen LogP) is 4.54. The summed E-state index contributed by atoms with van der Waals surface area (Å²) in [4.78, 5) is 11.6. The molecular formula is C24H40O6. The summed E-state index contributed by atoms with van der Waals surface area (Å²) in [5.41, 5.74) is 3.33. The fourth-order valence-corrected chi connectivity index (χ4v) is 3.86. The maximum absolute atomic E-state index is 11.6. The molecule has 172 valence electrons. The molecule has 0 aromatic heterocycles. The van der Waals surface area contributed by atoms with Crippen LogP contribution in [0.4, 0.5) is 0 Å². The summed E-state index contributed by atoms with van der Waals surface area (Å²) in [7, 11) is 3.10. The van der Waals surface area contributed by atoms with E-state index in [0.29, 0.717) is 5.92 Å². The van der Waals surface area contributed by atoms with Gasteiger partial charge in [0.05, 0.1) is 12.7 Å². The molecule has 0 amide bonds. The monoisotopic (exact) mass is 424 g/mol. The minimum atomic E-state index is -0.370. The lowest BCUT2D eigenvalue weighted by Gasteiger charge is -2.43. The Labute approximate surface area is 181 Å². The normalized spacial score (nSPS) is 25.2. The lowest BCUT2D eigenvalue weighted by molar-refractivity contribution is -0.147. The van der Waals surface area contributed by atoms with E-state index in [9.17, 15) is 9.90 Å². The number of aliphatic hydroxyl groups excluding tert-OH is 1. The highest BCUT2D eigenvalue weighted by Gasteiger charge is 2.39. The SMILES string of the molecule is COCOC(=O)/C=C(\C)CC/C=C(\C)CC[C@]1(C)C(CO)=C[C@@H](OCOC)C[C@H]1C. The number of rotatable bonds is 13. The molecule has 1 aliphatic rings. The highest BCUT2D eigenvalue weighted by Crippen LogP contribution is 2.46. The molecule has 0 unspecified atom stereocenters. The van der Waals surface area contributed by atoms with Crippen molar-refractivity contribution in [2.24, 2.45) is 11.3 Å². The standard InChI is InChI=1S/C24H40O6/c1-18(8-7-9-19(2)12-23(26)30-17-28-6)10-11-24(4)20(3)13-22(29-16-27-5)14-21(24)15-25/h8,12,14,20,22,25H,7,9-11,13,15-17H2,1-6H3/b18-8+,19-12+/t20-,22+,24+/m1/s1. The van der Waals surface area contributed by atoms with Gasteiger partial charge in [-0.2, -0.15) is 0 Å². The maximum Gasteiger partial charge on any atom is 0.332 e. The summed E-state index contributed by atoms with van der Waals surface area (Å²) < 4.78 is 20.3. The molecule has 3 atom stereocenters. The minimum Gasteiger partial charge on any atom is -0.435 e. The van der Waals surface area contributed by atoms with Crippen LogP contribution >= 0.6 is 0 Å². The summed E-state index contributed by atoms with van der Waals surface area (Å²) in [6.07, 6.45) is 10.4. The van der Waals surface area contributed by atoms with Crippen molar-refractivity contribution in [3.8, 4) is 0 Å². The zero-order valence-electron chi connectivity index (χ0n) is 19.5. The number of hydrogen-bond donors (Lipinski definition) is 1. The fourth-order valence-electron chi connectivity index (χ4n) is 3.86. The molecule has 6 nitrogen and oxygen atoms in total. The number of carbonyl (C=O) groups is 1. The first-order valence-electron chi connectivity index (χ1n) is 10.7. The largest absolute Gasteiger partial charge is 0.435 e. The Morgan fingerprint density at radius 3 is 2.53 bits per heavy atom. The van der Waals surface area contributed by atoms with Crippen molar-refractivity contribution in [1.29, 1.82) is 0 Å². The molecule has 0 heterocycles. The van der Waals surface area contributed by atoms with Crippen LogP contribution in [0.25, 0.3) is 0 Å². The van der Waals surface area contributed by atoms with E-state index in [2.05, 4.69) is 32.9 Å². The number of allylic oxidation sites excluding steroid dienone is 3. The van der Waals surface area contributed by atoms with Crippen LogP contribution in [0.5, 0.6) is 0 Å². The molecule has 0 saturated heterocycles. The number of aliphatic hydroxyl groups is 1. The molecular weight excluding hydrogens is 384 g/mol. The van der Waals surface area contributed by atoms with Gasteiger partial charge in [0.1, 0.15) is 6.79 Å². The zero-order chi connectivity index (χ0) is 22.6. The molecule has 0 aromatic rings. The van der Waals surface area contributed by atoms with Gasteiger partial charge >= 0.3 is 5.97 Å². The van der Waals surface area contributed by atoms with Crippen molar-refractivity contribution in [3.05, 3.63) is 34.9 Å². The maximum atomic E-state index is 11.6. The first kappa shape index (κ1) is 26.6. The van der Waals surface area contributed by atoms with Crippen molar-refractivity contribution in [3.63, 3.8) is 0 Å². The number of carbonyl (C=O) groups excluding carboxylic acids is 1. The van der Waals surface area contributed by atoms with E-state index >= 15 is 0 Å². The minimum absolute atomic E-state index is 0.00263. The van der Waals surface area contributed by atoms with Crippen molar-refractivity contribution in [1.82, 2.24) is 0 Å². The van der Waals surface area contributed by atoms with Gasteiger partial charge in [0.15, 0.2) is 6.79 Å². The van der Waals surface area contributed by atoms with E-state index in [1.807, 2.05) is 6.92 Å². The van der Waals surface area contributed by atoms with E-state index in [4.69, 9.17) is 18.9 Å². The Morgan fingerprint density at radius 1 is 1.20 bits per heavy atom. The third-order valence-corrected chi connectivity index (χ3v) is 6.12. The highest BCUT2D eigenvalue weighted by atomic mass is 16.7. The van der Waals surface area contributed by atoms with E-state index in [0.717, 1.165) is 43.3 Å². The lowest BCUT2D eigenvalue weighted by Crippen LogP contribution is -2.37. The second-order valence-electron chi connectivity index (χ2n) is 8.47. The third kappa shape index (κ3) is 8.72. The molecule has 1 aliphatic carbocycles. The molecule has 0 saturated carbocycles.